The third kappa shape index (κ3) is 3.79. The summed E-state index contributed by atoms with van der Waals surface area (Å²) >= 11 is 1.37. The van der Waals surface area contributed by atoms with Crippen molar-refractivity contribution in [1.29, 1.82) is 0 Å². The van der Waals surface area contributed by atoms with Gasteiger partial charge >= 0.3 is 0 Å². The monoisotopic (exact) mass is 322 g/mol. The number of thioether (sulfide) groups is 1. The summed E-state index contributed by atoms with van der Waals surface area (Å²) in [4.78, 5) is 37.7. The van der Waals surface area contributed by atoms with Gasteiger partial charge in [0.25, 0.3) is 0 Å². The second-order valence-electron chi connectivity index (χ2n) is 4.78. The first-order valence-corrected chi connectivity index (χ1v) is 7.93. The Hall–Kier alpha value is -2.02. The Bertz CT molecular complexity index is 591. The van der Waals surface area contributed by atoms with Crippen LogP contribution in [0, 0.1) is 0 Å². The van der Waals surface area contributed by atoms with E-state index in [-0.39, 0.29) is 24.0 Å². The van der Waals surface area contributed by atoms with Gasteiger partial charge in [-0.2, -0.15) is 0 Å². The van der Waals surface area contributed by atoms with Crippen molar-refractivity contribution >= 4 is 29.5 Å². The van der Waals surface area contributed by atoms with E-state index in [1.807, 2.05) is 24.3 Å². The van der Waals surface area contributed by atoms with Crippen LogP contribution in [0.15, 0.2) is 29.2 Å². The van der Waals surface area contributed by atoms with Crippen molar-refractivity contribution in [2.45, 2.75) is 24.3 Å². The minimum absolute atomic E-state index is 0.0439. The average Bonchev–Trinajstić information content (AvgIpc) is 2.85. The van der Waals surface area contributed by atoms with Gasteiger partial charge in [0.2, 0.25) is 17.7 Å². The fraction of sp³-hybridized carbons (Fsp3) is 0.400. The van der Waals surface area contributed by atoms with E-state index in [1.165, 1.54) is 16.7 Å². The fourth-order valence-electron chi connectivity index (χ4n) is 2.28. The molecule has 2 rings (SSSR count). The highest BCUT2D eigenvalue weighted by molar-refractivity contribution is 8.00. The maximum atomic E-state index is 12.3. The van der Waals surface area contributed by atoms with Gasteiger partial charge in [0.05, 0.1) is 19.3 Å². The van der Waals surface area contributed by atoms with Crippen LogP contribution in [0.25, 0.3) is 0 Å². The minimum Gasteiger partial charge on any atom is -0.497 e. The number of carbonyl (C=O) groups is 3. The number of hydrogen-bond donors (Lipinski definition) is 1. The van der Waals surface area contributed by atoms with Gasteiger partial charge in [0.1, 0.15) is 11.8 Å². The number of ether oxygens (including phenoxy) is 1. The van der Waals surface area contributed by atoms with Gasteiger partial charge < -0.3 is 9.64 Å². The molecule has 0 aromatic heterocycles. The van der Waals surface area contributed by atoms with Crippen molar-refractivity contribution in [3.8, 4) is 5.75 Å². The quantitative estimate of drug-likeness (QED) is 0.626. The first-order valence-electron chi connectivity index (χ1n) is 6.95. The number of rotatable bonds is 6. The van der Waals surface area contributed by atoms with Crippen LogP contribution in [0.3, 0.4) is 0 Å². The summed E-state index contributed by atoms with van der Waals surface area (Å²) in [6.45, 7) is 2.19. The average molecular weight is 322 g/mol. The Labute approximate surface area is 133 Å². The molecule has 0 spiro atoms. The number of amides is 3. The summed E-state index contributed by atoms with van der Waals surface area (Å²) in [6.07, 6.45) is 0.0439. The molecule has 1 aliphatic heterocycles. The van der Waals surface area contributed by atoms with Gasteiger partial charge in [0, 0.05) is 11.4 Å². The second-order valence-corrected chi connectivity index (χ2v) is 5.83. The molecule has 1 aromatic carbocycles. The van der Waals surface area contributed by atoms with E-state index in [0.717, 1.165) is 10.6 Å². The molecule has 1 saturated heterocycles. The molecule has 0 unspecified atom stereocenters. The lowest BCUT2D eigenvalue weighted by Crippen LogP contribution is -2.45. The number of benzene rings is 1. The molecule has 22 heavy (non-hydrogen) atoms. The van der Waals surface area contributed by atoms with Crippen LogP contribution < -0.4 is 10.1 Å². The Morgan fingerprint density at radius 3 is 2.82 bits per heavy atom. The highest BCUT2D eigenvalue weighted by atomic mass is 32.2. The molecular formula is C15H18N2O4S. The minimum atomic E-state index is -0.684. The zero-order chi connectivity index (χ0) is 16.1. The van der Waals surface area contributed by atoms with Crippen molar-refractivity contribution in [1.82, 2.24) is 10.2 Å². The van der Waals surface area contributed by atoms with Gasteiger partial charge in [0.15, 0.2) is 0 Å². The summed E-state index contributed by atoms with van der Waals surface area (Å²) < 4.78 is 5.14. The fourth-order valence-corrected chi connectivity index (χ4v) is 3.11. The summed E-state index contributed by atoms with van der Waals surface area (Å²) in [5.74, 6) is 0.0444. The van der Waals surface area contributed by atoms with Crippen molar-refractivity contribution in [2.24, 2.45) is 0 Å². The third-order valence-corrected chi connectivity index (χ3v) is 4.36. The molecule has 1 atom stereocenters. The number of carbonyl (C=O) groups excluding carboxylic acids is 3. The number of likely N-dealkylation sites (N-methyl/N-ethyl adjacent to an activating group) is 1. The lowest BCUT2D eigenvalue weighted by atomic mass is 10.2. The highest BCUT2D eigenvalue weighted by Crippen LogP contribution is 2.23. The van der Waals surface area contributed by atoms with Gasteiger partial charge in [-0.1, -0.05) is 6.07 Å². The number of imide groups is 1. The largest absolute Gasteiger partial charge is 0.497 e. The molecular weight excluding hydrogens is 304 g/mol. The van der Waals surface area contributed by atoms with Crippen LogP contribution in [0.5, 0.6) is 5.75 Å². The van der Waals surface area contributed by atoms with Crippen molar-refractivity contribution < 1.29 is 19.1 Å². The van der Waals surface area contributed by atoms with Crippen molar-refractivity contribution in [3.63, 3.8) is 0 Å². The van der Waals surface area contributed by atoms with Crippen LogP contribution in [-0.2, 0) is 14.4 Å². The van der Waals surface area contributed by atoms with Crippen molar-refractivity contribution in [3.05, 3.63) is 24.3 Å². The van der Waals surface area contributed by atoms with Crippen LogP contribution in [0.1, 0.15) is 13.3 Å². The first kappa shape index (κ1) is 16.4. The van der Waals surface area contributed by atoms with Crippen molar-refractivity contribution in [2.75, 3.05) is 19.4 Å². The smallest absolute Gasteiger partial charge is 0.249 e. The molecule has 7 heteroatoms. The van der Waals surface area contributed by atoms with E-state index in [4.69, 9.17) is 4.74 Å². The van der Waals surface area contributed by atoms with Crippen LogP contribution in [0.2, 0.25) is 0 Å². The van der Waals surface area contributed by atoms with E-state index in [9.17, 15) is 14.4 Å². The zero-order valence-corrected chi connectivity index (χ0v) is 13.3. The van der Waals surface area contributed by atoms with E-state index < -0.39 is 11.9 Å². The summed E-state index contributed by atoms with van der Waals surface area (Å²) in [6, 6.07) is 6.74. The Morgan fingerprint density at radius 1 is 1.45 bits per heavy atom. The normalized spacial score (nSPS) is 17.3. The summed E-state index contributed by atoms with van der Waals surface area (Å²) in [7, 11) is 1.59. The lowest BCUT2D eigenvalue weighted by Gasteiger charge is -2.25. The Morgan fingerprint density at radius 2 is 2.23 bits per heavy atom. The molecule has 1 aromatic rings. The standard InChI is InChI=1S/C15H18N2O4S/c1-3-17(12-8-13(18)16-15(12)20)14(19)9-22-11-6-4-5-10(7-11)21-2/h4-7,12H,3,8-9H2,1-2H3,(H,16,18,20)/t12-/m1/s1. The SMILES string of the molecule is CCN(C(=O)CSc1cccc(OC)c1)[C@@H]1CC(=O)NC1=O. The van der Waals surface area contributed by atoms with Gasteiger partial charge in [-0.25, -0.2) is 0 Å². The summed E-state index contributed by atoms with van der Waals surface area (Å²) in [5.41, 5.74) is 0. The molecule has 0 radical (unpaired) electrons. The molecule has 118 valence electrons. The molecule has 1 aliphatic rings. The maximum Gasteiger partial charge on any atom is 0.249 e. The third-order valence-electron chi connectivity index (χ3n) is 3.38. The molecule has 6 nitrogen and oxygen atoms in total. The van der Waals surface area contributed by atoms with Gasteiger partial charge in [-0.05, 0) is 25.1 Å². The lowest BCUT2D eigenvalue weighted by molar-refractivity contribution is -0.136. The topological polar surface area (TPSA) is 75.7 Å². The van der Waals surface area contributed by atoms with Crippen LogP contribution in [0.4, 0.5) is 0 Å². The number of hydrogen-bond acceptors (Lipinski definition) is 5. The number of nitrogens with zero attached hydrogens (tertiary/aromatic N) is 1. The summed E-state index contributed by atoms with van der Waals surface area (Å²) in [5, 5.41) is 2.23. The van der Waals surface area contributed by atoms with E-state index >= 15 is 0 Å². The second kappa shape index (κ2) is 7.31. The molecule has 1 fully saturated rings. The first-order chi connectivity index (χ1) is 10.5. The predicted molar refractivity (Wildman–Crippen MR) is 82.7 cm³/mol. The van der Waals surface area contributed by atoms with Gasteiger partial charge in [-0.3, -0.25) is 19.7 Å². The van der Waals surface area contributed by atoms with Gasteiger partial charge in [-0.15, -0.1) is 11.8 Å². The van der Waals surface area contributed by atoms with E-state index in [1.54, 1.807) is 14.0 Å². The molecule has 1 heterocycles. The van der Waals surface area contributed by atoms with E-state index in [2.05, 4.69) is 5.32 Å². The highest BCUT2D eigenvalue weighted by Gasteiger charge is 2.36. The molecule has 1 N–H and O–H groups in total. The van der Waals surface area contributed by atoms with Crippen LogP contribution >= 0.6 is 11.8 Å². The number of nitrogens with one attached hydrogen (secondary N) is 1. The molecule has 0 aliphatic carbocycles. The molecule has 0 saturated carbocycles. The molecule has 0 bridgehead atoms. The Kier molecular flexibility index (Phi) is 5.43. The predicted octanol–water partition coefficient (Wildman–Crippen LogP) is 1.05. The maximum absolute atomic E-state index is 12.3. The van der Waals surface area contributed by atoms with E-state index in [0.29, 0.717) is 6.54 Å². The zero-order valence-electron chi connectivity index (χ0n) is 12.5. The number of methoxy groups -OCH3 is 1. The molecule has 3 amide bonds. The van der Waals surface area contributed by atoms with Crippen LogP contribution in [-0.4, -0.2) is 48.1 Å². The Balaban J connectivity index is 1.97.